The third-order valence-electron chi connectivity index (χ3n) is 3.60. The number of carbonyl (C=O) groups is 3. The molecule has 2 unspecified atom stereocenters. The minimum absolute atomic E-state index is 0.219. The zero-order valence-corrected chi connectivity index (χ0v) is 9.59. The molecule has 92 valence electrons. The van der Waals surface area contributed by atoms with Crippen LogP contribution in [0.5, 0.6) is 0 Å². The molecule has 5 heteroatoms. The number of carbonyl (C=O) groups excluding carboxylic acids is 3. The number of imide groups is 1. The van der Waals surface area contributed by atoms with Crippen molar-refractivity contribution in [2.75, 3.05) is 13.1 Å². The first kappa shape index (κ1) is 11.8. The summed E-state index contributed by atoms with van der Waals surface area (Å²) in [6.45, 7) is 1.12. The maximum absolute atomic E-state index is 11.4. The molecule has 0 spiro atoms. The molecule has 3 amide bonds. The standard InChI is InChI=1S/C12H16N2O3/c15-8-13-6-9-2-1-3-10(9)7-14-11(16)4-5-12(14)17/h4-5,8-10H,1-3,6-7H2,(H,13,15). The van der Waals surface area contributed by atoms with Crippen LogP contribution in [0.15, 0.2) is 12.2 Å². The fraction of sp³-hybridized carbons (Fsp3) is 0.583. The topological polar surface area (TPSA) is 66.5 Å². The third-order valence-corrected chi connectivity index (χ3v) is 3.60. The van der Waals surface area contributed by atoms with Gasteiger partial charge in [0.1, 0.15) is 0 Å². The summed E-state index contributed by atoms with van der Waals surface area (Å²) in [4.78, 5) is 34.5. The summed E-state index contributed by atoms with van der Waals surface area (Å²) in [6.07, 6.45) is 6.49. The Morgan fingerprint density at radius 3 is 2.53 bits per heavy atom. The minimum atomic E-state index is -0.219. The van der Waals surface area contributed by atoms with Gasteiger partial charge in [0.15, 0.2) is 0 Å². The van der Waals surface area contributed by atoms with E-state index in [9.17, 15) is 14.4 Å². The Morgan fingerprint density at radius 2 is 1.88 bits per heavy atom. The maximum Gasteiger partial charge on any atom is 0.253 e. The normalized spacial score (nSPS) is 27.9. The maximum atomic E-state index is 11.4. The quantitative estimate of drug-likeness (QED) is 0.543. The highest BCUT2D eigenvalue weighted by Crippen LogP contribution is 2.32. The summed E-state index contributed by atoms with van der Waals surface area (Å²) in [5.41, 5.74) is 0. The summed E-state index contributed by atoms with van der Waals surface area (Å²) in [5.74, 6) is 0.254. The molecule has 5 nitrogen and oxygen atoms in total. The van der Waals surface area contributed by atoms with Crippen LogP contribution in [0.3, 0.4) is 0 Å². The van der Waals surface area contributed by atoms with Gasteiger partial charge < -0.3 is 5.32 Å². The van der Waals surface area contributed by atoms with E-state index in [2.05, 4.69) is 5.32 Å². The first-order valence-electron chi connectivity index (χ1n) is 5.93. The SMILES string of the molecule is O=CNCC1CCCC1CN1C(=O)C=CC1=O. The third kappa shape index (κ3) is 2.54. The van der Waals surface area contributed by atoms with Gasteiger partial charge in [0.2, 0.25) is 6.41 Å². The summed E-state index contributed by atoms with van der Waals surface area (Å²) in [6, 6.07) is 0. The van der Waals surface area contributed by atoms with E-state index in [1.165, 1.54) is 17.1 Å². The van der Waals surface area contributed by atoms with Crippen molar-refractivity contribution >= 4 is 18.2 Å². The van der Waals surface area contributed by atoms with Crippen LogP contribution in [0.2, 0.25) is 0 Å². The lowest BCUT2D eigenvalue weighted by Gasteiger charge is -2.23. The summed E-state index contributed by atoms with van der Waals surface area (Å²) in [5, 5.41) is 2.68. The van der Waals surface area contributed by atoms with Gasteiger partial charge >= 0.3 is 0 Å². The lowest BCUT2D eigenvalue weighted by molar-refractivity contribution is -0.137. The molecule has 1 N–H and O–H groups in total. The van der Waals surface area contributed by atoms with Crippen molar-refractivity contribution in [1.29, 1.82) is 0 Å². The zero-order valence-electron chi connectivity index (χ0n) is 9.59. The van der Waals surface area contributed by atoms with Gasteiger partial charge in [-0.25, -0.2) is 0 Å². The molecule has 0 bridgehead atoms. The Labute approximate surface area is 99.8 Å². The Bertz CT molecular complexity index is 347. The van der Waals surface area contributed by atoms with E-state index in [1.807, 2.05) is 0 Å². The van der Waals surface area contributed by atoms with Crippen molar-refractivity contribution in [2.45, 2.75) is 19.3 Å². The molecular weight excluding hydrogens is 220 g/mol. The van der Waals surface area contributed by atoms with Crippen LogP contribution in [0.1, 0.15) is 19.3 Å². The van der Waals surface area contributed by atoms with Crippen LogP contribution in [-0.4, -0.2) is 36.2 Å². The first-order valence-corrected chi connectivity index (χ1v) is 5.93. The average molecular weight is 236 g/mol. The second-order valence-electron chi connectivity index (χ2n) is 4.60. The molecule has 1 fully saturated rings. The molecular formula is C12H16N2O3. The van der Waals surface area contributed by atoms with Crippen LogP contribution in [0.25, 0.3) is 0 Å². The molecule has 2 aliphatic rings. The van der Waals surface area contributed by atoms with Crippen LogP contribution >= 0.6 is 0 Å². The predicted octanol–water partition coefficient (Wildman–Crippen LogP) is 0.0737. The molecule has 0 radical (unpaired) electrons. The summed E-state index contributed by atoms with van der Waals surface area (Å²) < 4.78 is 0. The molecule has 0 aromatic carbocycles. The molecule has 2 atom stereocenters. The van der Waals surface area contributed by atoms with E-state index in [1.54, 1.807) is 0 Å². The summed E-state index contributed by atoms with van der Waals surface area (Å²) >= 11 is 0. The van der Waals surface area contributed by atoms with Gasteiger partial charge in [-0.2, -0.15) is 0 Å². The second kappa shape index (κ2) is 5.12. The minimum Gasteiger partial charge on any atom is -0.358 e. The average Bonchev–Trinajstić information content (AvgIpc) is 2.88. The summed E-state index contributed by atoms with van der Waals surface area (Å²) in [7, 11) is 0. The molecule has 17 heavy (non-hydrogen) atoms. The largest absolute Gasteiger partial charge is 0.358 e. The monoisotopic (exact) mass is 236 g/mol. The van der Waals surface area contributed by atoms with E-state index in [4.69, 9.17) is 0 Å². The Hall–Kier alpha value is -1.65. The number of nitrogens with one attached hydrogen (secondary N) is 1. The van der Waals surface area contributed by atoms with Crippen molar-refractivity contribution in [3.05, 3.63) is 12.2 Å². The van der Waals surface area contributed by atoms with Gasteiger partial charge in [-0.15, -0.1) is 0 Å². The van der Waals surface area contributed by atoms with Crippen LogP contribution in [0, 0.1) is 11.8 Å². The Balaban J connectivity index is 1.91. The highest BCUT2D eigenvalue weighted by Gasteiger charge is 2.32. The van der Waals surface area contributed by atoms with Gasteiger partial charge in [0.25, 0.3) is 11.8 Å². The van der Waals surface area contributed by atoms with E-state index < -0.39 is 0 Å². The number of amides is 3. The molecule has 1 saturated carbocycles. The van der Waals surface area contributed by atoms with E-state index in [0.29, 0.717) is 31.3 Å². The number of rotatable bonds is 5. The van der Waals surface area contributed by atoms with Gasteiger partial charge in [-0.05, 0) is 24.7 Å². The van der Waals surface area contributed by atoms with Gasteiger partial charge in [-0.3, -0.25) is 19.3 Å². The van der Waals surface area contributed by atoms with Gasteiger partial charge in [0, 0.05) is 25.2 Å². The lowest BCUT2D eigenvalue weighted by Crippen LogP contribution is -2.37. The second-order valence-corrected chi connectivity index (χ2v) is 4.60. The number of hydrogen-bond donors (Lipinski definition) is 1. The molecule has 1 aliphatic carbocycles. The van der Waals surface area contributed by atoms with E-state index in [0.717, 1.165) is 19.3 Å². The zero-order chi connectivity index (χ0) is 12.3. The van der Waals surface area contributed by atoms with Crippen molar-refractivity contribution in [3.63, 3.8) is 0 Å². The fourth-order valence-electron chi connectivity index (χ4n) is 2.67. The lowest BCUT2D eigenvalue weighted by atomic mass is 9.95. The van der Waals surface area contributed by atoms with Crippen molar-refractivity contribution in [2.24, 2.45) is 11.8 Å². The molecule has 0 aromatic rings. The fourth-order valence-corrected chi connectivity index (χ4v) is 2.67. The van der Waals surface area contributed by atoms with Gasteiger partial charge in [-0.1, -0.05) is 6.42 Å². The molecule has 2 rings (SSSR count). The highest BCUT2D eigenvalue weighted by atomic mass is 16.2. The van der Waals surface area contributed by atoms with Gasteiger partial charge in [0.05, 0.1) is 0 Å². The van der Waals surface area contributed by atoms with E-state index in [-0.39, 0.29) is 11.8 Å². The molecule has 1 aliphatic heterocycles. The van der Waals surface area contributed by atoms with Crippen LogP contribution in [-0.2, 0) is 14.4 Å². The first-order chi connectivity index (χ1) is 8.22. The Morgan fingerprint density at radius 1 is 1.24 bits per heavy atom. The molecule has 0 aromatic heterocycles. The smallest absolute Gasteiger partial charge is 0.253 e. The molecule has 1 heterocycles. The molecule has 0 saturated heterocycles. The van der Waals surface area contributed by atoms with E-state index >= 15 is 0 Å². The number of hydrogen-bond acceptors (Lipinski definition) is 3. The predicted molar refractivity (Wildman–Crippen MR) is 60.8 cm³/mol. The van der Waals surface area contributed by atoms with Crippen molar-refractivity contribution < 1.29 is 14.4 Å². The number of nitrogens with zero attached hydrogens (tertiary/aromatic N) is 1. The van der Waals surface area contributed by atoms with Crippen molar-refractivity contribution in [1.82, 2.24) is 10.2 Å². The highest BCUT2D eigenvalue weighted by molar-refractivity contribution is 6.12. The van der Waals surface area contributed by atoms with Crippen LogP contribution in [0.4, 0.5) is 0 Å². The van der Waals surface area contributed by atoms with Crippen LogP contribution < -0.4 is 5.32 Å². The van der Waals surface area contributed by atoms with Crippen molar-refractivity contribution in [3.8, 4) is 0 Å². The Kier molecular flexibility index (Phi) is 3.56.